The minimum Gasteiger partial charge on any atom is -0.469 e. The molecule has 0 aliphatic heterocycles. The zero-order valence-corrected chi connectivity index (χ0v) is 11.2. The Kier molecular flexibility index (Phi) is 8.73. The van der Waals surface area contributed by atoms with Crippen LogP contribution in [-0.4, -0.2) is 62.6 Å². The number of nitrogens with zero attached hydrogens (tertiary/aromatic N) is 1. The highest BCUT2D eigenvalue weighted by Crippen LogP contribution is 1.96. The predicted molar refractivity (Wildman–Crippen MR) is 64.3 cm³/mol. The summed E-state index contributed by atoms with van der Waals surface area (Å²) in [7, 11) is 2.47. The molecule has 0 aromatic carbocycles. The zero-order chi connectivity index (χ0) is 14.0. The molecular weight excluding hydrogens is 264 g/mol. The van der Waals surface area contributed by atoms with Crippen LogP contribution in [0.25, 0.3) is 0 Å². The van der Waals surface area contributed by atoms with E-state index in [1.807, 2.05) is 0 Å². The first kappa shape index (κ1) is 16.5. The number of urea groups is 1. The van der Waals surface area contributed by atoms with E-state index in [4.69, 9.17) is 11.6 Å². The van der Waals surface area contributed by atoms with E-state index in [-0.39, 0.29) is 31.9 Å². The summed E-state index contributed by atoms with van der Waals surface area (Å²) in [6.45, 7) is 0.105. The van der Waals surface area contributed by atoms with Gasteiger partial charge in [0.2, 0.25) is 0 Å². The Balaban J connectivity index is 4.36. The molecule has 8 heteroatoms. The zero-order valence-electron chi connectivity index (χ0n) is 10.4. The van der Waals surface area contributed by atoms with Gasteiger partial charge in [-0.2, -0.15) is 0 Å². The molecule has 1 N–H and O–H groups in total. The van der Waals surface area contributed by atoms with Crippen molar-refractivity contribution in [2.24, 2.45) is 0 Å². The fourth-order valence-corrected chi connectivity index (χ4v) is 1.16. The van der Waals surface area contributed by atoms with Gasteiger partial charge >= 0.3 is 18.0 Å². The second kappa shape index (κ2) is 9.52. The molecule has 0 spiro atoms. The van der Waals surface area contributed by atoms with Crippen LogP contribution in [0.4, 0.5) is 4.79 Å². The van der Waals surface area contributed by atoms with Gasteiger partial charge in [-0.3, -0.25) is 9.59 Å². The van der Waals surface area contributed by atoms with Crippen LogP contribution in [0.5, 0.6) is 0 Å². The number of hydrogen-bond acceptors (Lipinski definition) is 5. The van der Waals surface area contributed by atoms with E-state index in [0.29, 0.717) is 0 Å². The van der Waals surface area contributed by atoms with Crippen molar-refractivity contribution < 1.29 is 23.9 Å². The Morgan fingerprint density at radius 1 is 1.17 bits per heavy atom. The van der Waals surface area contributed by atoms with Crippen molar-refractivity contribution in [2.75, 3.05) is 39.7 Å². The lowest BCUT2D eigenvalue weighted by Gasteiger charge is -2.21. The average molecular weight is 281 g/mol. The van der Waals surface area contributed by atoms with Gasteiger partial charge in [0.05, 0.1) is 20.6 Å². The van der Waals surface area contributed by atoms with Crippen molar-refractivity contribution in [1.29, 1.82) is 0 Å². The average Bonchev–Trinajstić information content (AvgIpc) is 2.39. The number of carbonyl (C=O) groups is 3. The summed E-state index contributed by atoms with van der Waals surface area (Å²) in [4.78, 5) is 34.9. The smallest absolute Gasteiger partial charge is 0.325 e. The van der Waals surface area contributed by atoms with E-state index in [0.717, 1.165) is 4.90 Å². The topological polar surface area (TPSA) is 84.9 Å². The largest absolute Gasteiger partial charge is 0.469 e. The fourth-order valence-electron chi connectivity index (χ4n) is 1.07. The van der Waals surface area contributed by atoms with Crippen molar-refractivity contribution >= 4 is 29.6 Å². The third-order valence-electron chi connectivity index (χ3n) is 2.02. The lowest BCUT2D eigenvalue weighted by atomic mass is 10.4. The van der Waals surface area contributed by atoms with Crippen LogP contribution in [-0.2, 0) is 19.1 Å². The number of carbonyl (C=O) groups excluding carboxylic acids is 3. The van der Waals surface area contributed by atoms with Gasteiger partial charge in [0, 0.05) is 19.0 Å². The van der Waals surface area contributed by atoms with Crippen LogP contribution in [0, 0.1) is 0 Å². The van der Waals surface area contributed by atoms with Gasteiger partial charge in [0.25, 0.3) is 0 Å². The van der Waals surface area contributed by atoms with Gasteiger partial charge in [0.15, 0.2) is 0 Å². The highest BCUT2D eigenvalue weighted by molar-refractivity contribution is 6.18. The second-order valence-electron chi connectivity index (χ2n) is 3.24. The van der Waals surface area contributed by atoms with Gasteiger partial charge in [-0.15, -0.1) is 11.6 Å². The van der Waals surface area contributed by atoms with E-state index in [2.05, 4.69) is 14.8 Å². The van der Waals surface area contributed by atoms with Gasteiger partial charge in [0.1, 0.15) is 6.54 Å². The molecule has 0 atom stereocenters. The summed E-state index contributed by atoms with van der Waals surface area (Å²) >= 11 is 5.43. The number of hydrogen-bond donors (Lipinski definition) is 1. The quantitative estimate of drug-likeness (QED) is 0.523. The summed E-state index contributed by atoms with van der Waals surface area (Å²) < 4.78 is 8.92. The van der Waals surface area contributed by atoms with Crippen LogP contribution in [0.3, 0.4) is 0 Å². The predicted octanol–water partition coefficient (Wildman–Crippen LogP) is -0.0271. The number of nitrogens with one attached hydrogen (secondary N) is 1. The number of amides is 2. The maximum atomic E-state index is 11.7. The SMILES string of the molecule is COC(=O)CCN(CC(=O)OC)C(=O)NCCCl. The minimum atomic E-state index is -0.569. The monoisotopic (exact) mass is 280 g/mol. The third-order valence-corrected chi connectivity index (χ3v) is 2.21. The first-order valence-electron chi connectivity index (χ1n) is 5.27. The maximum absolute atomic E-state index is 11.7. The molecule has 0 unspecified atom stereocenters. The Hall–Kier alpha value is -1.50. The molecule has 0 aliphatic carbocycles. The van der Waals surface area contributed by atoms with Gasteiger partial charge in [-0.25, -0.2) is 4.79 Å². The molecule has 0 rings (SSSR count). The number of esters is 2. The number of methoxy groups -OCH3 is 2. The summed E-state index contributed by atoms with van der Waals surface area (Å²) in [5.41, 5.74) is 0. The third kappa shape index (κ3) is 6.95. The maximum Gasteiger partial charge on any atom is 0.325 e. The van der Waals surface area contributed by atoms with Gasteiger partial charge in [-0.05, 0) is 0 Å². The van der Waals surface area contributed by atoms with E-state index >= 15 is 0 Å². The lowest BCUT2D eigenvalue weighted by molar-refractivity contribution is -0.143. The Morgan fingerprint density at radius 2 is 1.78 bits per heavy atom. The molecule has 0 radical (unpaired) electrons. The Bertz CT molecular complexity index is 298. The molecule has 0 aliphatic rings. The first-order chi connectivity index (χ1) is 8.54. The van der Waals surface area contributed by atoms with E-state index in [9.17, 15) is 14.4 Å². The molecule has 0 fully saturated rings. The highest BCUT2D eigenvalue weighted by atomic mass is 35.5. The van der Waals surface area contributed by atoms with Crippen molar-refractivity contribution in [1.82, 2.24) is 10.2 Å². The molecule has 2 amide bonds. The summed E-state index contributed by atoms with van der Waals surface area (Å²) in [6, 6.07) is -0.482. The van der Waals surface area contributed by atoms with Gasteiger partial charge in [-0.1, -0.05) is 0 Å². The number of rotatable bonds is 7. The molecule has 7 nitrogen and oxygen atoms in total. The van der Waals surface area contributed by atoms with Crippen LogP contribution >= 0.6 is 11.6 Å². The van der Waals surface area contributed by atoms with Crippen LogP contribution in [0.2, 0.25) is 0 Å². The molecule has 0 saturated carbocycles. The molecule has 0 aromatic rings. The van der Waals surface area contributed by atoms with Crippen molar-refractivity contribution in [3.8, 4) is 0 Å². The lowest BCUT2D eigenvalue weighted by Crippen LogP contribution is -2.44. The summed E-state index contributed by atoms with van der Waals surface area (Å²) in [6.07, 6.45) is 0.00178. The van der Waals surface area contributed by atoms with Crippen LogP contribution < -0.4 is 5.32 Å². The van der Waals surface area contributed by atoms with Crippen molar-refractivity contribution in [3.05, 3.63) is 0 Å². The Labute approximate surface area is 110 Å². The molecule has 0 aromatic heterocycles. The van der Waals surface area contributed by atoms with Gasteiger partial charge < -0.3 is 19.7 Å². The number of halogens is 1. The van der Waals surface area contributed by atoms with Crippen LogP contribution in [0.1, 0.15) is 6.42 Å². The van der Waals surface area contributed by atoms with E-state index in [1.165, 1.54) is 14.2 Å². The number of alkyl halides is 1. The molecule has 104 valence electrons. The van der Waals surface area contributed by atoms with E-state index in [1.54, 1.807) is 0 Å². The first-order valence-corrected chi connectivity index (χ1v) is 5.81. The molecule has 0 bridgehead atoms. The minimum absolute atomic E-state index is 0.00178. The Morgan fingerprint density at radius 3 is 2.28 bits per heavy atom. The normalized spacial score (nSPS) is 9.50. The molecule has 0 saturated heterocycles. The standard InChI is InChI=1S/C10H17ClN2O5/c1-17-8(14)3-6-13(7-9(15)18-2)10(16)12-5-4-11/h3-7H2,1-2H3,(H,12,16). The van der Waals surface area contributed by atoms with E-state index < -0.39 is 18.0 Å². The molecular formula is C10H17ClN2O5. The number of ether oxygens (including phenoxy) is 2. The summed E-state index contributed by atoms with van der Waals surface area (Å²) in [5.74, 6) is -0.773. The molecule has 0 heterocycles. The fraction of sp³-hybridized carbons (Fsp3) is 0.700. The summed E-state index contributed by atoms with van der Waals surface area (Å²) in [5, 5.41) is 2.50. The second-order valence-corrected chi connectivity index (χ2v) is 3.62. The highest BCUT2D eigenvalue weighted by Gasteiger charge is 2.18. The van der Waals surface area contributed by atoms with Crippen molar-refractivity contribution in [3.63, 3.8) is 0 Å². The van der Waals surface area contributed by atoms with Crippen LogP contribution in [0.15, 0.2) is 0 Å². The molecule has 18 heavy (non-hydrogen) atoms. The van der Waals surface area contributed by atoms with Crippen molar-refractivity contribution in [2.45, 2.75) is 6.42 Å².